The van der Waals surface area contributed by atoms with E-state index in [0.29, 0.717) is 23.3 Å². The van der Waals surface area contributed by atoms with E-state index in [9.17, 15) is 9.59 Å². The number of hydrogen-bond donors (Lipinski definition) is 2. The second kappa shape index (κ2) is 11.4. The Kier molecular flexibility index (Phi) is 7.78. The number of aryl methyl sites for hydroxylation is 1. The number of benzene rings is 3. The van der Waals surface area contributed by atoms with Gasteiger partial charge in [0, 0.05) is 23.2 Å². The van der Waals surface area contributed by atoms with E-state index < -0.39 is 5.97 Å². The first-order valence-electron chi connectivity index (χ1n) is 13.9. The van der Waals surface area contributed by atoms with Gasteiger partial charge in [0.1, 0.15) is 0 Å². The van der Waals surface area contributed by atoms with E-state index >= 15 is 0 Å². The number of anilines is 1. The molecule has 1 amide bonds. The number of aliphatic carboxylic acids is 1. The first-order chi connectivity index (χ1) is 18.8. The number of rotatable bonds is 7. The maximum absolute atomic E-state index is 13.4. The van der Waals surface area contributed by atoms with E-state index in [1.165, 1.54) is 5.56 Å². The quantitative estimate of drug-likeness (QED) is 0.257. The summed E-state index contributed by atoms with van der Waals surface area (Å²) in [4.78, 5) is 29.2. The molecule has 1 saturated carbocycles. The Morgan fingerprint density at radius 2 is 1.62 bits per heavy atom. The predicted octanol–water partition coefficient (Wildman–Crippen LogP) is 8.33. The zero-order chi connectivity index (χ0) is 27.5. The van der Waals surface area contributed by atoms with Gasteiger partial charge < -0.3 is 10.4 Å². The van der Waals surface area contributed by atoms with Crippen molar-refractivity contribution in [2.24, 2.45) is 5.92 Å². The summed E-state index contributed by atoms with van der Waals surface area (Å²) in [7, 11) is 0. The van der Waals surface area contributed by atoms with Crippen LogP contribution in [0.25, 0.3) is 22.0 Å². The second-order valence-electron chi connectivity index (χ2n) is 11.2. The maximum Gasteiger partial charge on any atom is 0.303 e. The molecule has 0 bridgehead atoms. The molecule has 5 nitrogen and oxygen atoms in total. The summed E-state index contributed by atoms with van der Waals surface area (Å²) >= 11 is 0. The van der Waals surface area contributed by atoms with Crippen molar-refractivity contribution in [1.29, 1.82) is 0 Å². The molecular formula is C34H36N2O3. The third-order valence-corrected chi connectivity index (χ3v) is 8.04. The topological polar surface area (TPSA) is 79.3 Å². The maximum atomic E-state index is 13.4. The first-order valence-corrected chi connectivity index (χ1v) is 13.9. The lowest BCUT2D eigenvalue weighted by Crippen LogP contribution is -2.16. The van der Waals surface area contributed by atoms with Crippen LogP contribution in [-0.4, -0.2) is 22.0 Å². The summed E-state index contributed by atoms with van der Waals surface area (Å²) in [6.07, 6.45) is 4.34. The van der Waals surface area contributed by atoms with Crippen LogP contribution in [-0.2, 0) is 4.79 Å². The van der Waals surface area contributed by atoms with E-state index in [4.69, 9.17) is 10.1 Å². The third-order valence-electron chi connectivity index (χ3n) is 8.04. The fourth-order valence-electron chi connectivity index (χ4n) is 5.93. The van der Waals surface area contributed by atoms with Crippen molar-refractivity contribution in [3.8, 4) is 11.1 Å². The Labute approximate surface area is 230 Å². The molecule has 0 aliphatic heterocycles. The van der Waals surface area contributed by atoms with Crippen LogP contribution in [0.1, 0.15) is 85.0 Å². The number of carbonyl (C=O) groups is 2. The zero-order valence-electron chi connectivity index (χ0n) is 22.9. The number of fused-ring (bicyclic) bond motifs is 1. The van der Waals surface area contributed by atoms with Crippen LogP contribution in [0.15, 0.2) is 72.8 Å². The molecule has 0 unspecified atom stereocenters. The summed E-state index contributed by atoms with van der Waals surface area (Å²) in [6.45, 7) is 6.17. The molecule has 1 heterocycles. The van der Waals surface area contributed by atoms with Gasteiger partial charge in [-0.1, -0.05) is 68.4 Å². The highest BCUT2D eigenvalue weighted by Gasteiger charge is 2.24. The molecule has 39 heavy (non-hydrogen) atoms. The smallest absolute Gasteiger partial charge is 0.303 e. The zero-order valence-corrected chi connectivity index (χ0v) is 22.9. The van der Waals surface area contributed by atoms with Crippen molar-refractivity contribution in [3.05, 3.63) is 95.2 Å². The number of hydrogen-bond acceptors (Lipinski definition) is 3. The van der Waals surface area contributed by atoms with Crippen molar-refractivity contribution < 1.29 is 14.7 Å². The SMILES string of the molecule is Cc1cc(C(=O)Nc2ccccc2C(C)C)c2ccc(-c3ccc([C@H]4CC[C@H](CC(=O)O)CC4)cc3)cc2n1. The molecule has 0 radical (unpaired) electrons. The highest BCUT2D eigenvalue weighted by molar-refractivity contribution is 6.13. The number of carboxylic acid groups (broad SMARTS) is 1. The Hall–Kier alpha value is -3.99. The number of para-hydroxylation sites is 1. The minimum absolute atomic E-state index is 0.131. The lowest BCUT2D eigenvalue weighted by molar-refractivity contribution is -0.138. The van der Waals surface area contributed by atoms with Gasteiger partial charge in [-0.2, -0.15) is 0 Å². The normalized spacial score (nSPS) is 17.3. The molecule has 0 saturated heterocycles. The lowest BCUT2D eigenvalue weighted by Gasteiger charge is -2.28. The van der Waals surface area contributed by atoms with Gasteiger partial charge in [0.05, 0.1) is 11.1 Å². The van der Waals surface area contributed by atoms with E-state index in [1.807, 2.05) is 37.3 Å². The van der Waals surface area contributed by atoms with Crippen LogP contribution in [0.4, 0.5) is 5.69 Å². The molecular weight excluding hydrogens is 484 g/mol. The summed E-state index contributed by atoms with van der Waals surface area (Å²) < 4.78 is 0. The van der Waals surface area contributed by atoms with Gasteiger partial charge in [0.15, 0.2) is 0 Å². The molecule has 4 aromatic rings. The summed E-state index contributed by atoms with van der Waals surface area (Å²) in [5.74, 6) is 0.287. The molecule has 1 aliphatic rings. The Balaban J connectivity index is 1.36. The van der Waals surface area contributed by atoms with Crippen LogP contribution in [0.3, 0.4) is 0 Å². The molecule has 3 aromatic carbocycles. The van der Waals surface area contributed by atoms with Crippen LogP contribution >= 0.6 is 0 Å². The number of aromatic nitrogens is 1. The highest BCUT2D eigenvalue weighted by atomic mass is 16.4. The largest absolute Gasteiger partial charge is 0.481 e. The van der Waals surface area contributed by atoms with Gasteiger partial charge in [0.25, 0.3) is 5.91 Å². The average molecular weight is 521 g/mol. The molecule has 1 aliphatic carbocycles. The number of carbonyl (C=O) groups excluding carboxylic acids is 1. The number of pyridine rings is 1. The molecule has 5 heteroatoms. The van der Waals surface area contributed by atoms with Gasteiger partial charge in [-0.3, -0.25) is 14.6 Å². The van der Waals surface area contributed by atoms with Gasteiger partial charge >= 0.3 is 5.97 Å². The van der Waals surface area contributed by atoms with Crippen LogP contribution in [0.2, 0.25) is 0 Å². The molecule has 2 N–H and O–H groups in total. The fourth-order valence-corrected chi connectivity index (χ4v) is 5.93. The minimum Gasteiger partial charge on any atom is -0.481 e. The summed E-state index contributed by atoms with van der Waals surface area (Å²) in [5.41, 5.74) is 7.67. The molecule has 5 rings (SSSR count). The average Bonchev–Trinajstić information content (AvgIpc) is 2.92. The van der Waals surface area contributed by atoms with E-state index in [1.54, 1.807) is 0 Å². The van der Waals surface area contributed by atoms with Gasteiger partial charge in [0.2, 0.25) is 0 Å². The van der Waals surface area contributed by atoms with Crippen molar-refractivity contribution >= 4 is 28.5 Å². The molecule has 1 fully saturated rings. The minimum atomic E-state index is -0.688. The number of nitrogens with zero attached hydrogens (tertiary/aromatic N) is 1. The van der Waals surface area contributed by atoms with Gasteiger partial charge in [-0.05, 0) is 90.8 Å². The Morgan fingerprint density at radius 1 is 0.923 bits per heavy atom. The van der Waals surface area contributed by atoms with Crippen LogP contribution in [0, 0.1) is 12.8 Å². The van der Waals surface area contributed by atoms with Crippen molar-refractivity contribution in [1.82, 2.24) is 4.98 Å². The molecule has 200 valence electrons. The molecule has 0 spiro atoms. The Bertz CT molecular complexity index is 1500. The van der Waals surface area contributed by atoms with Crippen molar-refractivity contribution in [2.45, 2.75) is 64.7 Å². The lowest BCUT2D eigenvalue weighted by atomic mass is 9.77. The summed E-state index contributed by atoms with van der Waals surface area (Å²) in [5, 5.41) is 13.0. The second-order valence-corrected chi connectivity index (χ2v) is 11.2. The highest BCUT2D eigenvalue weighted by Crippen LogP contribution is 2.38. The van der Waals surface area contributed by atoms with E-state index in [-0.39, 0.29) is 12.3 Å². The predicted molar refractivity (Wildman–Crippen MR) is 157 cm³/mol. The fraction of sp³-hybridized carbons (Fsp3) is 0.324. The third kappa shape index (κ3) is 6.03. The summed E-state index contributed by atoms with van der Waals surface area (Å²) in [6, 6.07) is 24.7. The molecule has 1 aromatic heterocycles. The standard InChI is InChI=1S/C34H36N2O3/c1-21(2)28-6-4-5-7-31(28)36-34(39)30-18-22(3)35-32-20-27(16-17-29(30)32)26-14-12-25(13-15-26)24-10-8-23(9-11-24)19-33(37)38/h4-7,12-18,20-21,23-24H,8-11,19H2,1-3H3,(H,36,39)(H,37,38)/t23-,24-. The number of nitrogens with one attached hydrogen (secondary N) is 1. The number of carboxylic acids is 1. The Morgan fingerprint density at radius 3 is 2.31 bits per heavy atom. The van der Waals surface area contributed by atoms with Crippen molar-refractivity contribution in [3.63, 3.8) is 0 Å². The van der Waals surface area contributed by atoms with E-state index in [2.05, 4.69) is 61.6 Å². The number of amides is 1. The molecule has 0 atom stereocenters. The van der Waals surface area contributed by atoms with Crippen molar-refractivity contribution in [2.75, 3.05) is 5.32 Å². The van der Waals surface area contributed by atoms with Gasteiger partial charge in [-0.25, -0.2) is 0 Å². The van der Waals surface area contributed by atoms with E-state index in [0.717, 1.165) is 64.7 Å². The van der Waals surface area contributed by atoms with Crippen LogP contribution in [0.5, 0.6) is 0 Å². The van der Waals surface area contributed by atoms with Gasteiger partial charge in [-0.15, -0.1) is 0 Å². The monoisotopic (exact) mass is 520 g/mol. The first kappa shape index (κ1) is 26.6. The van der Waals surface area contributed by atoms with Crippen LogP contribution < -0.4 is 5.32 Å².